The monoisotopic (exact) mass is 327 g/mol. The summed E-state index contributed by atoms with van der Waals surface area (Å²) in [5.74, 6) is -0.700. The number of para-hydroxylation sites is 1. The zero-order valence-electron chi connectivity index (χ0n) is 12.8. The van der Waals surface area contributed by atoms with Gasteiger partial charge in [0, 0.05) is 17.0 Å². The molecule has 0 fully saturated rings. The maximum absolute atomic E-state index is 12.7. The smallest absolute Gasteiger partial charge is 0.264 e. The van der Waals surface area contributed by atoms with Crippen LogP contribution in [0.3, 0.4) is 0 Å². The van der Waals surface area contributed by atoms with Gasteiger partial charge in [-0.3, -0.25) is 9.59 Å². The SMILES string of the molecule is C=CCN1C(=O)C(O)(CC(=O)c2ccc(C)s2)c2ccccc21. The number of hydrogen-bond acceptors (Lipinski definition) is 4. The molecule has 1 N–H and O–H groups in total. The van der Waals surface area contributed by atoms with E-state index in [4.69, 9.17) is 0 Å². The molecule has 5 heteroatoms. The molecule has 3 rings (SSSR count). The summed E-state index contributed by atoms with van der Waals surface area (Å²) >= 11 is 1.37. The van der Waals surface area contributed by atoms with Crippen LogP contribution in [0.1, 0.15) is 26.5 Å². The van der Waals surface area contributed by atoms with Crippen molar-refractivity contribution in [3.05, 3.63) is 64.4 Å². The van der Waals surface area contributed by atoms with Crippen LogP contribution in [0.4, 0.5) is 5.69 Å². The van der Waals surface area contributed by atoms with Gasteiger partial charge in [-0.05, 0) is 25.1 Å². The Morgan fingerprint density at radius 3 is 2.74 bits per heavy atom. The Morgan fingerprint density at radius 2 is 2.09 bits per heavy atom. The number of benzene rings is 1. The summed E-state index contributed by atoms with van der Waals surface area (Å²) in [6.07, 6.45) is 1.35. The molecule has 0 bridgehead atoms. The Kier molecular flexibility index (Phi) is 3.92. The third-order valence-corrected chi connectivity index (χ3v) is 5.02. The fourth-order valence-electron chi connectivity index (χ4n) is 2.89. The summed E-state index contributed by atoms with van der Waals surface area (Å²) < 4.78 is 0. The summed E-state index contributed by atoms with van der Waals surface area (Å²) in [4.78, 5) is 28.3. The summed E-state index contributed by atoms with van der Waals surface area (Å²) in [6, 6.07) is 10.6. The molecule has 2 heterocycles. The van der Waals surface area contributed by atoms with Crippen LogP contribution < -0.4 is 4.90 Å². The summed E-state index contributed by atoms with van der Waals surface area (Å²) in [5, 5.41) is 11.0. The van der Waals surface area contributed by atoms with Gasteiger partial charge < -0.3 is 10.0 Å². The molecule has 0 saturated carbocycles. The highest BCUT2D eigenvalue weighted by atomic mass is 32.1. The van der Waals surface area contributed by atoms with Gasteiger partial charge >= 0.3 is 0 Å². The van der Waals surface area contributed by atoms with Crippen LogP contribution in [0.15, 0.2) is 49.1 Å². The van der Waals surface area contributed by atoms with Crippen molar-refractivity contribution >= 4 is 28.7 Å². The number of Topliss-reactive ketones (excluding diaryl/α,β-unsaturated/α-hetero) is 1. The molecule has 1 aromatic carbocycles. The van der Waals surface area contributed by atoms with E-state index in [-0.39, 0.29) is 12.2 Å². The summed E-state index contributed by atoms with van der Waals surface area (Å²) in [6.45, 7) is 5.86. The number of ketones is 1. The highest BCUT2D eigenvalue weighted by molar-refractivity contribution is 7.14. The molecule has 1 aliphatic rings. The van der Waals surface area contributed by atoms with Gasteiger partial charge in [-0.25, -0.2) is 0 Å². The van der Waals surface area contributed by atoms with Gasteiger partial charge in [-0.1, -0.05) is 24.3 Å². The van der Waals surface area contributed by atoms with Crippen LogP contribution in [0, 0.1) is 6.92 Å². The van der Waals surface area contributed by atoms with E-state index in [2.05, 4.69) is 6.58 Å². The van der Waals surface area contributed by atoms with Gasteiger partial charge in [-0.2, -0.15) is 0 Å². The fourth-order valence-corrected chi connectivity index (χ4v) is 3.70. The number of thiophene rings is 1. The van der Waals surface area contributed by atoms with Crippen LogP contribution in [0.25, 0.3) is 0 Å². The molecule has 0 spiro atoms. The van der Waals surface area contributed by atoms with E-state index in [9.17, 15) is 14.7 Å². The molecule has 1 atom stereocenters. The van der Waals surface area contributed by atoms with Gasteiger partial charge in [0.05, 0.1) is 17.0 Å². The van der Waals surface area contributed by atoms with Crippen molar-refractivity contribution in [3.8, 4) is 0 Å². The quantitative estimate of drug-likeness (QED) is 0.678. The molecule has 1 aromatic heterocycles. The molecule has 0 saturated heterocycles. The van der Waals surface area contributed by atoms with Crippen LogP contribution in [0.2, 0.25) is 0 Å². The van der Waals surface area contributed by atoms with Crippen LogP contribution >= 0.6 is 11.3 Å². The molecule has 2 aromatic rings. The van der Waals surface area contributed by atoms with Gasteiger partial charge in [0.15, 0.2) is 11.4 Å². The predicted molar refractivity (Wildman–Crippen MR) is 90.9 cm³/mol. The van der Waals surface area contributed by atoms with Crippen molar-refractivity contribution in [1.29, 1.82) is 0 Å². The third kappa shape index (κ3) is 2.52. The van der Waals surface area contributed by atoms with E-state index < -0.39 is 11.5 Å². The topological polar surface area (TPSA) is 57.6 Å². The Balaban J connectivity index is 1.98. The van der Waals surface area contributed by atoms with Crippen molar-refractivity contribution in [1.82, 2.24) is 0 Å². The third-order valence-electron chi connectivity index (χ3n) is 3.98. The molecule has 1 unspecified atom stereocenters. The zero-order valence-corrected chi connectivity index (χ0v) is 13.6. The molecule has 1 amide bonds. The highest BCUT2D eigenvalue weighted by Gasteiger charge is 2.50. The lowest BCUT2D eigenvalue weighted by molar-refractivity contribution is -0.135. The number of carbonyl (C=O) groups excluding carboxylic acids is 2. The molecule has 118 valence electrons. The molecular formula is C18H17NO3S. The van der Waals surface area contributed by atoms with Gasteiger partial charge in [0.2, 0.25) is 0 Å². The molecule has 0 radical (unpaired) electrons. The van der Waals surface area contributed by atoms with Crippen molar-refractivity contribution in [2.75, 3.05) is 11.4 Å². The first-order valence-electron chi connectivity index (χ1n) is 7.32. The largest absolute Gasteiger partial charge is 0.375 e. The number of rotatable bonds is 5. The minimum Gasteiger partial charge on any atom is -0.375 e. The number of hydrogen-bond donors (Lipinski definition) is 1. The van der Waals surface area contributed by atoms with Crippen LogP contribution in [-0.4, -0.2) is 23.3 Å². The van der Waals surface area contributed by atoms with Crippen molar-refractivity contribution in [2.45, 2.75) is 18.9 Å². The van der Waals surface area contributed by atoms with Gasteiger partial charge in [0.1, 0.15) is 0 Å². The number of aryl methyl sites for hydroxylation is 1. The molecule has 1 aliphatic heterocycles. The predicted octanol–water partition coefficient (Wildman–Crippen LogP) is 3.05. The van der Waals surface area contributed by atoms with Gasteiger partial charge in [-0.15, -0.1) is 17.9 Å². The number of anilines is 1. The van der Waals surface area contributed by atoms with Gasteiger partial charge in [0.25, 0.3) is 5.91 Å². The second kappa shape index (κ2) is 5.76. The first-order chi connectivity index (χ1) is 11.0. The molecule has 23 heavy (non-hydrogen) atoms. The summed E-state index contributed by atoms with van der Waals surface area (Å²) in [5.41, 5.74) is -0.697. The number of carbonyl (C=O) groups is 2. The van der Waals surface area contributed by atoms with E-state index in [0.717, 1.165) is 4.88 Å². The summed E-state index contributed by atoms with van der Waals surface area (Å²) in [7, 11) is 0. The van der Waals surface area contributed by atoms with Crippen molar-refractivity contribution in [2.24, 2.45) is 0 Å². The maximum atomic E-state index is 12.7. The second-order valence-electron chi connectivity index (χ2n) is 5.59. The number of aliphatic hydroxyl groups is 1. The van der Waals surface area contributed by atoms with E-state index in [1.165, 1.54) is 16.2 Å². The fraction of sp³-hybridized carbons (Fsp3) is 0.222. The lowest BCUT2D eigenvalue weighted by Gasteiger charge is -2.21. The number of fused-ring (bicyclic) bond motifs is 1. The molecule has 0 aliphatic carbocycles. The van der Waals surface area contributed by atoms with Crippen LogP contribution in [-0.2, 0) is 10.4 Å². The standard InChI is InChI=1S/C18H17NO3S/c1-3-10-19-14-7-5-4-6-13(14)18(22,17(19)21)11-15(20)16-9-8-12(2)23-16/h3-9,22H,1,10-11H2,2H3. The average Bonchev–Trinajstić information content (AvgIpc) is 3.05. The lowest BCUT2D eigenvalue weighted by Crippen LogP contribution is -2.41. The number of nitrogens with zero attached hydrogens (tertiary/aromatic N) is 1. The lowest BCUT2D eigenvalue weighted by atomic mass is 9.89. The zero-order chi connectivity index (χ0) is 16.6. The average molecular weight is 327 g/mol. The normalized spacial score (nSPS) is 19.7. The Hall–Kier alpha value is -2.24. The second-order valence-corrected chi connectivity index (χ2v) is 6.88. The Labute approximate surface area is 138 Å². The van der Waals surface area contributed by atoms with Crippen molar-refractivity contribution in [3.63, 3.8) is 0 Å². The number of amides is 1. The highest BCUT2D eigenvalue weighted by Crippen LogP contribution is 2.42. The first kappa shape index (κ1) is 15.6. The molecule has 4 nitrogen and oxygen atoms in total. The Morgan fingerprint density at radius 1 is 1.35 bits per heavy atom. The van der Waals surface area contributed by atoms with Crippen LogP contribution in [0.5, 0.6) is 0 Å². The first-order valence-corrected chi connectivity index (χ1v) is 8.13. The van der Waals surface area contributed by atoms with E-state index in [1.807, 2.05) is 13.0 Å². The van der Waals surface area contributed by atoms with Crippen molar-refractivity contribution < 1.29 is 14.7 Å². The van der Waals surface area contributed by atoms with E-state index in [0.29, 0.717) is 22.7 Å². The Bertz CT molecular complexity index is 795. The van der Waals surface area contributed by atoms with E-state index in [1.54, 1.807) is 36.4 Å². The molecular weight excluding hydrogens is 310 g/mol. The maximum Gasteiger partial charge on any atom is 0.264 e. The van der Waals surface area contributed by atoms with E-state index >= 15 is 0 Å². The minimum atomic E-state index is -1.81. The minimum absolute atomic E-state index is 0.228.